The molecule has 1 heterocycles. The van der Waals surface area contributed by atoms with Gasteiger partial charge in [-0.15, -0.1) is 0 Å². The van der Waals surface area contributed by atoms with E-state index >= 15 is 0 Å². The highest BCUT2D eigenvalue weighted by Crippen LogP contribution is 2.09. The molecule has 0 unspecified atom stereocenters. The van der Waals surface area contributed by atoms with Gasteiger partial charge in [-0.05, 0) is 24.5 Å². The average molecular weight is 512 g/mol. The standard InChI is InChI=1S/C28H37N3O6/c1-2-37-26(32)14-13-24(21-36-20-23-11-7-4-8-12-23)29-27(33)25(19-22-9-5-3-6-10-22)30-28(34)31-15-17-35-18-16-31/h3-12,24-25H,2,13-21H2,1H3,(H,29,33)(H,30,34)/t24-,25+/m1/s1. The van der Waals surface area contributed by atoms with Gasteiger partial charge in [0.2, 0.25) is 5.91 Å². The first kappa shape index (κ1) is 28.1. The lowest BCUT2D eigenvalue weighted by molar-refractivity contribution is -0.143. The molecule has 1 aliphatic heterocycles. The predicted molar refractivity (Wildman–Crippen MR) is 139 cm³/mol. The Morgan fingerprint density at radius 2 is 1.59 bits per heavy atom. The molecule has 37 heavy (non-hydrogen) atoms. The first-order valence-electron chi connectivity index (χ1n) is 12.8. The van der Waals surface area contributed by atoms with Crippen molar-refractivity contribution < 1.29 is 28.6 Å². The number of carbonyl (C=O) groups excluding carboxylic acids is 3. The molecule has 2 atom stereocenters. The summed E-state index contributed by atoms with van der Waals surface area (Å²) in [6.07, 6.45) is 0.837. The molecule has 0 spiro atoms. The molecule has 0 aromatic heterocycles. The number of amides is 3. The van der Waals surface area contributed by atoms with E-state index in [-0.39, 0.29) is 30.9 Å². The Balaban J connectivity index is 1.66. The molecule has 1 saturated heterocycles. The van der Waals surface area contributed by atoms with Crippen molar-refractivity contribution in [2.75, 3.05) is 39.5 Å². The summed E-state index contributed by atoms with van der Waals surface area (Å²) >= 11 is 0. The molecule has 1 fully saturated rings. The van der Waals surface area contributed by atoms with Gasteiger partial charge >= 0.3 is 12.0 Å². The molecule has 3 rings (SSSR count). The number of rotatable bonds is 13. The maximum atomic E-state index is 13.4. The zero-order valence-electron chi connectivity index (χ0n) is 21.4. The maximum absolute atomic E-state index is 13.4. The van der Waals surface area contributed by atoms with Gasteiger partial charge in [-0.1, -0.05) is 60.7 Å². The largest absolute Gasteiger partial charge is 0.466 e. The predicted octanol–water partition coefficient (Wildman–Crippen LogP) is 2.68. The lowest BCUT2D eigenvalue weighted by Gasteiger charge is -2.30. The van der Waals surface area contributed by atoms with E-state index in [4.69, 9.17) is 14.2 Å². The van der Waals surface area contributed by atoms with E-state index in [0.717, 1.165) is 11.1 Å². The molecule has 9 nitrogen and oxygen atoms in total. The smallest absolute Gasteiger partial charge is 0.318 e. The third-order valence-corrected chi connectivity index (χ3v) is 5.97. The Kier molecular flexibility index (Phi) is 11.9. The summed E-state index contributed by atoms with van der Waals surface area (Å²) in [7, 11) is 0. The molecule has 0 saturated carbocycles. The van der Waals surface area contributed by atoms with Gasteiger partial charge in [0, 0.05) is 25.9 Å². The summed E-state index contributed by atoms with van der Waals surface area (Å²) in [6, 6.07) is 17.7. The van der Waals surface area contributed by atoms with Gasteiger partial charge in [0.05, 0.1) is 39.1 Å². The average Bonchev–Trinajstić information content (AvgIpc) is 2.93. The summed E-state index contributed by atoms with van der Waals surface area (Å²) in [5.74, 6) is -0.658. The third kappa shape index (κ3) is 10.2. The van der Waals surface area contributed by atoms with Crippen LogP contribution in [0.15, 0.2) is 60.7 Å². The zero-order valence-corrected chi connectivity index (χ0v) is 21.4. The lowest BCUT2D eigenvalue weighted by atomic mass is 10.0. The Morgan fingerprint density at radius 1 is 0.946 bits per heavy atom. The quantitative estimate of drug-likeness (QED) is 0.401. The number of morpholine rings is 1. The number of hydrogen-bond acceptors (Lipinski definition) is 6. The van der Waals surface area contributed by atoms with Gasteiger partial charge in [-0.2, -0.15) is 0 Å². The van der Waals surface area contributed by atoms with Gasteiger partial charge in [-0.3, -0.25) is 9.59 Å². The highest BCUT2D eigenvalue weighted by molar-refractivity contribution is 5.87. The fraction of sp³-hybridized carbons (Fsp3) is 0.464. The Morgan fingerprint density at radius 3 is 2.24 bits per heavy atom. The normalized spacial score (nSPS) is 14.9. The highest BCUT2D eigenvalue weighted by atomic mass is 16.5. The van der Waals surface area contributed by atoms with Crippen LogP contribution in [0.5, 0.6) is 0 Å². The monoisotopic (exact) mass is 511 g/mol. The van der Waals surface area contributed by atoms with Crippen molar-refractivity contribution in [3.05, 3.63) is 71.8 Å². The molecular weight excluding hydrogens is 474 g/mol. The van der Waals surface area contributed by atoms with Gasteiger partial charge in [0.15, 0.2) is 0 Å². The molecule has 2 aromatic carbocycles. The molecule has 1 aliphatic rings. The van der Waals surface area contributed by atoms with Gasteiger partial charge in [0.1, 0.15) is 6.04 Å². The van der Waals surface area contributed by atoms with E-state index in [0.29, 0.717) is 52.4 Å². The molecule has 0 aliphatic carbocycles. The van der Waals surface area contributed by atoms with Crippen molar-refractivity contribution >= 4 is 17.9 Å². The second-order valence-electron chi connectivity index (χ2n) is 8.84. The molecule has 0 bridgehead atoms. The molecule has 2 N–H and O–H groups in total. The molecular formula is C28H37N3O6. The van der Waals surface area contributed by atoms with Crippen molar-refractivity contribution in [1.29, 1.82) is 0 Å². The van der Waals surface area contributed by atoms with Crippen LogP contribution in [0.25, 0.3) is 0 Å². The fourth-order valence-corrected chi connectivity index (χ4v) is 3.98. The topological polar surface area (TPSA) is 106 Å². The van der Waals surface area contributed by atoms with Crippen molar-refractivity contribution in [2.45, 2.75) is 44.9 Å². The molecule has 0 radical (unpaired) electrons. The SMILES string of the molecule is CCOC(=O)CC[C@H](COCc1ccccc1)NC(=O)[C@H](Cc1ccccc1)NC(=O)N1CCOCC1. The third-order valence-electron chi connectivity index (χ3n) is 5.97. The number of urea groups is 1. The van der Waals surface area contributed by atoms with Crippen molar-refractivity contribution in [3.63, 3.8) is 0 Å². The van der Waals surface area contributed by atoms with Crippen LogP contribution in [0.3, 0.4) is 0 Å². The summed E-state index contributed by atoms with van der Waals surface area (Å²) in [4.78, 5) is 40.0. The van der Waals surface area contributed by atoms with E-state index in [1.165, 1.54) is 0 Å². The van der Waals surface area contributed by atoms with E-state index < -0.39 is 12.1 Å². The maximum Gasteiger partial charge on any atom is 0.318 e. The minimum Gasteiger partial charge on any atom is -0.466 e. The van der Waals surface area contributed by atoms with Crippen molar-refractivity contribution in [3.8, 4) is 0 Å². The second kappa shape index (κ2) is 15.6. The number of benzene rings is 2. The van der Waals surface area contributed by atoms with Crippen LogP contribution in [-0.4, -0.2) is 74.4 Å². The number of nitrogens with one attached hydrogen (secondary N) is 2. The van der Waals surface area contributed by atoms with Crippen LogP contribution in [0, 0.1) is 0 Å². The Bertz CT molecular complexity index is 966. The van der Waals surface area contributed by atoms with Crippen LogP contribution < -0.4 is 10.6 Å². The van der Waals surface area contributed by atoms with E-state index in [1.54, 1.807) is 11.8 Å². The Labute approximate surface area is 218 Å². The van der Waals surface area contributed by atoms with Crippen LogP contribution in [0.2, 0.25) is 0 Å². The Hall–Kier alpha value is -3.43. The van der Waals surface area contributed by atoms with E-state index in [1.807, 2.05) is 60.7 Å². The van der Waals surface area contributed by atoms with Crippen molar-refractivity contribution in [1.82, 2.24) is 15.5 Å². The van der Waals surface area contributed by atoms with Gasteiger partial charge in [0.25, 0.3) is 0 Å². The summed E-state index contributed by atoms with van der Waals surface area (Å²) in [6.45, 7) is 4.54. The summed E-state index contributed by atoms with van der Waals surface area (Å²) in [5, 5.41) is 5.89. The van der Waals surface area contributed by atoms with E-state index in [2.05, 4.69) is 10.6 Å². The number of carbonyl (C=O) groups is 3. The van der Waals surface area contributed by atoms with Crippen LogP contribution in [0.4, 0.5) is 4.79 Å². The lowest BCUT2D eigenvalue weighted by Crippen LogP contribution is -2.55. The van der Waals surface area contributed by atoms with E-state index in [9.17, 15) is 14.4 Å². The minimum atomic E-state index is -0.794. The number of esters is 1. The molecule has 2 aromatic rings. The summed E-state index contributed by atoms with van der Waals surface area (Å²) in [5.41, 5.74) is 1.94. The van der Waals surface area contributed by atoms with Crippen LogP contribution >= 0.6 is 0 Å². The number of ether oxygens (including phenoxy) is 3. The van der Waals surface area contributed by atoms with Crippen molar-refractivity contribution in [2.24, 2.45) is 0 Å². The summed E-state index contributed by atoms with van der Waals surface area (Å²) < 4.78 is 16.3. The fourth-order valence-electron chi connectivity index (χ4n) is 3.98. The molecule has 3 amide bonds. The van der Waals surface area contributed by atoms with Crippen LogP contribution in [-0.2, 0) is 36.8 Å². The van der Waals surface area contributed by atoms with Gasteiger partial charge in [-0.25, -0.2) is 4.79 Å². The minimum absolute atomic E-state index is 0.150. The second-order valence-corrected chi connectivity index (χ2v) is 8.84. The first-order valence-corrected chi connectivity index (χ1v) is 12.8. The number of nitrogens with zero attached hydrogens (tertiary/aromatic N) is 1. The molecule has 200 valence electrons. The highest BCUT2D eigenvalue weighted by Gasteiger charge is 2.27. The van der Waals surface area contributed by atoms with Crippen LogP contribution in [0.1, 0.15) is 30.9 Å². The number of hydrogen-bond donors (Lipinski definition) is 2. The molecule has 9 heteroatoms. The van der Waals surface area contributed by atoms with Gasteiger partial charge < -0.3 is 29.7 Å². The first-order chi connectivity index (χ1) is 18.0. The zero-order chi connectivity index (χ0) is 26.3.